The van der Waals surface area contributed by atoms with E-state index in [1.54, 1.807) is 12.3 Å². The predicted molar refractivity (Wildman–Crippen MR) is 114 cm³/mol. The second-order valence-corrected chi connectivity index (χ2v) is 9.00. The first-order chi connectivity index (χ1) is 13.6. The topological polar surface area (TPSA) is 81.2 Å². The van der Waals surface area contributed by atoms with Gasteiger partial charge in [0.25, 0.3) is 5.91 Å². The molecule has 3 heterocycles. The highest BCUT2D eigenvalue weighted by molar-refractivity contribution is 9.11. The number of pyridine rings is 1. The standard InChI is InChI=1S/C19H12BrN3O3S2/c20-16-9-21-19(28-16)23-17(24)10-26-18(25)12-8-14(15-6-3-7-27-15)22-13-5-2-1-4-11(12)13/h1-9H,10H2,(H,21,23,24). The maximum Gasteiger partial charge on any atom is 0.339 e. The molecule has 140 valence electrons. The van der Waals surface area contributed by atoms with Gasteiger partial charge < -0.3 is 4.74 Å². The van der Waals surface area contributed by atoms with Gasteiger partial charge in [0.15, 0.2) is 11.7 Å². The van der Waals surface area contributed by atoms with Crippen molar-refractivity contribution in [3.8, 4) is 10.6 Å². The zero-order valence-corrected chi connectivity index (χ0v) is 17.4. The van der Waals surface area contributed by atoms with Crippen LogP contribution in [0.4, 0.5) is 5.13 Å². The number of aromatic nitrogens is 2. The van der Waals surface area contributed by atoms with Crippen molar-refractivity contribution in [3.05, 3.63) is 63.4 Å². The summed E-state index contributed by atoms with van der Waals surface area (Å²) in [6.45, 7) is -0.402. The molecule has 4 aromatic rings. The molecule has 0 spiro atoms. The largest absolute Gasteiger partial charge is 0.452 e. The highest BCUT2D eigenvalue weighted by atomic mass is 79.9. The number of carbonyl (C=O) groups excluding carboxylic acids is 2. The van der Waals surface area contributed by atoms with E-state index in [1.807, 2.05) is 41.8 Å². The molecule has 0 unspecified atom stereocenters. The number of carbonyl (C=O) groups is 2. The van der Waals surface area contributed by atoms with Gasteiger partial charge in [0, 0.05) is 5.39 Å². The van der Waals surface area contributed by atoms with Crippen molar-refractivity contribution >= 4 is 66.5 Å². The monoisotopic (exact) mass is 473 g/mol. The molecule has 0 aliphatic carbocycles. The number of hydrogen-bond donors (Lipinski definition) is 1. The van der Waals surface area contributed by atoms with Crippen molar-refractivity contribution in [1.82, 2.24) is 9.97 Å². The van der Waals surface area contributed by atoms with Crippen LogP contribution in [-0.4, -0.2) is 28.5 Å². The molecule has 1 N–H and O–H groups in total. The van der Waals surface area contributed by atoms with E-state index in [4.69, 9.17) is 4.74 Å². The van der Waals surface area contributed by atoms with Gasteiger partial charge in [0.1, 0.15) is 0 Å². The first-order valence-corrected chi connectivity index (χ1v) is 10.6. The summed E-state index contributed by atoms with van der Waals surface area (Å²) in [6.07, 6.45) is 1.58. The third kappa shape index (κ3) is 4.11. The minimum absolute atomic E-state index is 0.374. The van der Waals surface area contributed by atoms with Gasteiger partial charge >= 0.3 is 5.97 Å². The summed E-state index contributed by atoms with van der Waals surface area (Å²) in [6, 6.07) is 12.9. The Kier molecular flexibility index (Phi) is 5.47. The highest BCUT2D eigenvalue weighted by Crippen LogP contribution is 2.28. The SMILES string of the molecule is O=C(COC(=O)c1cc(-c2cccs2)nc2ccccc12)Nc1ncc(Br)s1. The van der Waals surface area contributed by atoms with E-state index in [1.165, 1.54) is 22.7 Å². The summed E-state index contributed by atoms with van der Waals surface area (Å²) in [5.74, 6) is -1.03. The number of nitrogens with zero attached hydrogens (tertiary/aromatic N) is 2. The van der Waals surface area contributed by atoms with Gasteiger partial charge in [-0.2, -0.15) is 0 Å². The molecule has 1 amide bonds. The number of anilines is 1. The molecule has 0 aliphatic heterocycles. The Balaban J connectivity index is 1.55. The van der Waals surface area contributed by atoms with Gasteiger partial charge in [-0.1, -0.05) is 35.6 Å². The van der Waals surface area contributed by atoms with E-state index >= 15 is 0 Å². The highest BCUT2D eigenvalue weighted by Gasteiger charge is 2.17. The number of fused-ring (bicyclic) bond motifs is 1. The quantitative estimate of drug-likeness (QED) is 0.413. The number of thiophene rings is 1. The van der Waals surface area contributed by atoms with E-state index in [2.05, 4.69) is 31.2 Å². The van der Waals surface area contributed by atoms with Gasteiger partial charge in [0.05, 0.1) is 31.6 Å². The summed E-state index contributed by atoms with van der Waals surface area (Å²) >= 11 is 6.09. The predicted octanol–water partition coefficient (Wildman–Crippen LogP) is 4.98. The van der Waals surface area contributed by atoms with Gasteiger partial charge in [0.2, 0.25) is 0 Å². The van der Waals surface area contributed by atoms with Gasteiger partial charge in [-0.15, -0.1) is 11.3 Å². The molecule has 0 bridgehead atoms. The second-order valence-electron chi connectivity index (χ2n) is 5.64. The molecule has 0 saturated carbocycles. The van der Waals surface area contributed by atoms with E-state index < -0.39 is 18.5 Å². The van der Waals surface area contributed by atoms with Crippen molar-refractivity contribution in [2.75, 3.05) is 11.9 Å². The molecule has 0 radical (unpaired) electrons. The van der Waals surface area contributed by atoms with Crippen LogP contribution in [0.25, 0.3) is 21.5 Å². The van der Waals surface area contributed by atoms with Crippen LogP contribution in [0.1, 0.15) is 10.4 Å². The molecule has 6 nitrogen and oxygen atoms in total. The minimum atomic E-state index is -0.577. The molecular formula is C19H12BrN3O3S2. The van der Waals surface area contributed by atoms with Crippen molar-refractivity contribution in [1.29, 1.82) is 0 Å². The lowest BCUT2D eigenvalue weighted by Gasteiger charge is -2.09. The van der Waals surface area contributed by atoms with Crippen LogP contribution in [0.2, 0.25) is 0 Å². The normalized spacial score (nSPS) is 10.8. The molecule has 0 fully saturated rings. The Morgan fingerprint density at radius 1 is 1.18 bits per heavy atom. The Morgan fingerprint density at radius 3 is 2.79 bits per heavy atom. The second kappa shape index (κ2) is 8.17. The number of halogens is 1. The van der Waals surface area contributed by atoms with E-state index in [-0.39, 0.29) is 0 Å². The summed E-state index contributed by atoms with van der Waals surface area (Å²) in [5.41, 5.74) is 1.76. The zero-order chi connectivity index (χ0) is 19.5. The molecule has 28 heavy (non-hydrogen) atoms. The average Bonchev–Trinajstić information content (AvgIpc) is 3.37. The fourth-order valence-electron chi connectivity index (χ4n) is 2.57. The van der Waals surface area contributed by atoms with Gasteiger partial charge in [-0.3, -0.25) is 10.1 Å². The number of hydrogen-bond acceptors (Lipinski definition) is 7. The molecule has 3 aromatic heterocycles. The number of ether oxygens (including phenoxy) is 1. The molecule has 0 atom stereocenters. The third-order valence-electron chi connectivity index (χ3n) is 3.77. The van der Waals surface area contributed by atoms with Crippen molar-refractivity contribution in [2.45, 2.75) is 0 Å². The summed E-state index contributed by atoms with van der Waals surface area (Å²) in [7, 11) is 0. The van der Waals surface area contributed by atoms with Crippen LogP contribution in [0.15, 0.2) is 57.8 Å². The number of nitrogens with one attached hydrogen (secondary N) is 1. The maximum absolute atomic E-state index is 12.7. The number of esters is 1. The maximum atomic E-state index is 12.7. The number of amides is 1. The van der Waals surface area contributed by atoms with E-state index in [0.717, 1.165) is 8.66 Å². The summed E-state index contributed by atoms with van der Waals surface area (Å²) in [5, 5.41) is 5.65. The first kappa shape index (κ1) is 18.7. The molecule has 0 saturated heterocycles. The lowest BCUT2D eigenvalue weighted by molar-refractivity contribution is -0.119. The van der Waals surface area contributed by atoms with Crippen LogP contribution in [0, 0.1) is 0 Å². The van der Waals surface area contributed by atoms with E-state index in [0.29, 0.717) is 27.3 Å². The lowest BCUT2D eigenvalue weighted by Crippen LogP contribution is -2.21. The molecule has 0 aliphatic rings. The number of rotatable bonds is 5. The van der Waals surface area contributed by atoms with Crippen molar-refractivity contribution < 1.29 is 14.3 Å². The van der Waals surface area contributed by atoms with Crippen molar-refractivity contribution in [2.24, 2.45) is 0 Å². The molecular weight excluding hydrogens is 462 g/mol. The van der Waals surface area contributed by atoms with Gasteiger partial charge in [-0.25, -0.2) is 14.8 Å². The molecule has 1 aromatic carbocycles. The fraction of sp³-hybridized carbons (Fsp3) is 0.0526. The fourth-order valence-corrected chi connectivity index (χ4v) is 4.38. The number of benzene rings is 1. The smallest absolute Gasteiger partial charge is 0.339 e. The number of thiazole rings is 1. The number of para-hydroxylation sites is 1. The Bertz CT molecular complexity index is 1160. The Morgan fingerprint density at radius 2 is 2.04 bits per heavy atom. The minimum Gasteiger partial charge on any atom is -0.452 e. The van der Waals surface area contributed by atoms with Crippen LogP contribution >= 0.6 is 38.6 Å². The van der Waals surface area contributed by atoms with Crippen LogP contribution in [-0.2, 0) is 9.53 Å². The van der Waals surface area contributed by atoms with Crippen molar-refractivity contribution in [3.63, 3.8) is 0 Å². The first-order valence-electron chi connectivity index (χ1n) is 8.12. The van der Waals surface area contributed by atoms with Crippen LogP contribution in [0.3, 0.4) is 0 Å². The Labute approximate surface area is 176 Å². The van der Waals surface area contributed by atoms with Crippen LogP contribution in [0.5, 0.6) is 0 Å². The third-order valence-corrected chi connectivity index (χ3v) is 6.05. The molecule has 4 rings (SSSR count). The summed E-state index contributed by atoms with van der Waals surface area (Å²) in [4.78, 5) is 34.3. The zero-order valence-electron chi connectivity index (χ0n) is 14.2. The lowest BCUT2D eigenvalue weighted by atomic mass is 10.1. The molecule has 9 heteroatoms. The average molecular weight is 474 g/mol. The van der Waals surface area contributed by atoms with E-state index in [9.17, 15) is 9.59 Å². The summed E-state index contributed by atoms with van der Waals surface area (Å²) < 4.78 is 6.03. The Hall–Kier alpha value is -2.62. The van der Waals surface area contributed by atoms with Crippen LogP contribution < -0.4 is 5.32 Å². The van der Waals surface area contributed by atoms with Gasteiger partial charge in [-0.05, 0) is 39.5 Å².